The molecule has 1 atom stereocenters. The molecule has 2 heterocycles. The largest absolute Gasteiger partial charge is 0.492 e. The normalized spacial score (nSPS) is 13.8. The number of aliphatic carboxylic acids is 2. The van der Waals surface area contributed by atoms with E-state index in [9.17, 15) is 39.1 Å². The Morgan fingerprint density at radius 2 is 1.25 bits per heavy atom. The second-order valence-electron chi connectivity index (χ2n) is 11.5. The summed E-state index contributed by atoms with van der Waals surface area (Å²) in [7, 11) is -2.24. The van der Waals surface area contributed by atoms with Crippen LogP contribution in [0.1, 0.15) is 56.6 Å². The number of carbonyl (C=O) groups excluding carboxylic acids is 3. The van der Waals surface area contributed by atoms with Crippen molar-refractivity contribution >= 4 is 54.8 Å². The molecule has 0 saturated heterocycles. The Labute approximate surface area is 275 Å². The van der Waals surface area contributed by atoms with Gasteiger partial charge in [0.1, 0.15) is 6.04 Å². The van der Waals surface area contributed by atoms with E-state index in [4.69, 9.17) is 14.4 Å². The van der Waals surface area contributed by atoms with Crippen LogP contribution in [0.25, 0.3) is 0 Å². The van der Waals surface area contributed by atoms with Crippen LogP contribution in [0.4, 0.5) is 0 Å². The lowest BCUT2D eigenvalue weighted by atomic mass is 9.75. The fraction of sp³-hybridized carbons (Fsp3) is 0.281. The fourth-order valence-electron chi connectivity index (χ4n) is 5.77. The monoisotopic (exact) mass is 657 g/mol. The minimum Gasteiger partial charge on any atom is -0.481 e. The summed E-state index contributed by atoms with van der Waals surface area (Å²) in [4.78, 5) is 61.7. The highest BCUT2D eigenvalue weighted by Gasteiger charge is 2.31. The number of amides is 3. The fourth-order valence-corrected chi connectivity index (χ4v) is 5.77. The number of fused-ring (bicyclic) bond motifs is 2. The molecule has 248 valence electrons. The average molecular weight is 657 g/mol. The Bertz CT molecular complexity index is 1650. The van der Waals surface area contributed by atoms with Crippen molar-refractivity contribution in [2.75, 3.05) is 0 Å². The molecule has 5 rings (SSSR count). The molecule has 2 aliphatic heterocycles. The van der Waals surface area contributed by atoms with Crippen LogP contribution in [0.15, 0.2) is 54.6 Å². The molecule has 0 radical (unpaired) electrons. The van der Waals surface area contributed by atoms with E-state index in [0.717, 1.165) is 11.1 Å². The second-order valence-corrected chi connectivity index (χ2v) is 11.5. The first-order chi connectivity index (χ1) is 23.0. The van der Waals surface area contributed by atoms with Gasteiger partial charge in [-0.25, -0.2) is 4.79 Å². The van der Waals surface area contributed by atoms with E-state index in [1.807, 2.05) is 12.1 Å². The Hall–Kier alpha value is -5.02. The van der Waals surface area contributed by atoms with E-state index in [1.54, 1.807) is 30.3 Å². The van der Waals surface area contributed by atoms with E-state index < -0.39 is 44.5 Å². The number of benzene rings is 3. The smallest absolute Gasteiger partial charge is 0.481 e. The topological polar surface area (TPSA) is 221 Å². The summed E-state index contributed by atoms with van der Waals surface area (Å²) in [5.41, 5.74) is 4.90. The van der Waals surface area contributed by atoms with Crippen LogP contribution in [0.3, 0.4) is 0 Å². The average Bonchev–Trinajstić information content (AvgIpc) is 3.63. The molecule has 0 aromatic heterocycles. The number of carbonyl (C=O) groups is 5. The van der Waals surface area contributed by atoms with Gasteiger partial charge in [0.2, 0.25) is 11.8 Å². The van der Waals surface area contributed by atoms with Gasteiger partial charge in [0.15, 0.2) is 0 Å². The number of hydrogen-bond donors (Lipinski definition) is 7. The van der Waals surface area contributed by atoms with Gasteiger partial charge in [0, 0.05) is 25.1 Å². The van der Waals surface area contributed by atoms with Gasteiger partial charge in [-0.15, -0.1) is 0 Å². The molecule has 0 spiro atoms. The maximum absolute atomic E-state index is 13.2. The Kier molecular flexibility index (Phi) is 10.9. The number of carboxylic acid groups (broad SMARTS) is 2. The lowest BCUT2D eigenvalue weighted by Crippen LogP contribution is -2.41. The van der Waals surface area contributed by atoms with Crippen molar-refractivity contribution in [3.8, 4) is 0 Å². The quantitative estimate of drug-likeness (QED) is 0.103. The highest BCUT2D eigenvalue weighted by Crippen LogP contribution is 2.16. The molecule has 0 saturated carbocycles. The minimum atomic E-state index is -1.46. The molecule has 0 fully saturated rings. The maximum Gasteiger partial charge on any atom is 0.492 e. The van der Waals surface area contributed by atoms with Crippen molar-refractivity contribution in [1.29, 1.82) is 0 Å². The van der Waals surface area contributed by atoms with Crippen LogP contribution in [-0.4, -0.2) is 70.2 Å². The van der Waals surface area contributed by atoms with Crippen molar-refractivity contribution in [3.63, 3.8) is 0 Å². The van der Waals surface area contributed by atoms with Crippen LogP contribution in [0.2, 0.25) is 0 Å². The summed E-state index contributed by atoms with van der Waals surface area (Å²) in [5.74, 6) is -4.12. The first-order valence-corrected chi connectivity index (χ1v) is 15.2. The summed E-state index contributed by atoms with van der Waals surface area (Å²) in [6.07, 6.45) is -0.887. The summed E-state index contributed by atoms with van der Waals surface area (Å²) < 4.78 is 10.5. The first kappa shape index (κ1) is 34.3. The van der Waals surface area contributed by atoms with Crippen molar-refractivity contribution in [3.05, 3.63) is 93.5 Å². The highest BCUT2D eigenvalue weighted by molar-refractivity contribution is 6.62. The lowest BCUT2D eigenvalue weighted by Gasteiger charge is -2.16. The first-order valence-electron chi connectivity index (χ1n) is 15.2. The molecule has 3 amide bonds. The maximum atomic E-state index is 13.2. The highest BCUT2D eigenvalue weighted by atomic mass is 16.5. The van der Waals surface area contributed by atoms with E-state index in [1.165, 1.54) is 12.1 Å². The Morgan fingerprint density at radius 1 is 0.750 bits per heavy atom. The van der Waals surface area contributed by atoms with Gasteiger partial charge in [-0.1, -0.05) is 42.5 Å². The number of nitrogens with one attached hydrogen (secondary N) is 3. The molecule has 0 aliphatic carbocycles. The van der Waals surface area contributed by atoms with Crippen LogP contribution in [-0.2, 0) is 67.6 Å². The summed E-state index contributed by atoms with van der Waals surface area (Å²) in [6.45, 7) is 0.432. The van der Waals surface area contributed by atoms with Crippen molar-refractivity contribution in [1.82, 2.24) is 16.0 Å². The molecule has 48 heavy (non-hydrogen) atoms. The summed E-state index contributed by atoms with van der Waals surface area (Å²) in [6, 6.07) is 13.7. The van der Waals surface area contributed by atoms with E-state index in [-0.39, 0.29) is 62.9 Å². The number of hydrogen-bond acceptors (Lipinski definition) is 9. The molecule has 0 unspecified atom stereocenters. The van der Waals surface area contributed by atoms with E-state index >= 15 is 0 Å². The molecule has 3 aromatic rings. The standard InChI is InChI=1S/C32H33B2N3O11/c38-26(12-20-3-1-5-22-16-47-33(45)29(20)22)35-14-18-9-19(11-24(10-18)31(42)37-25(32(43)44)7-8-28(40)41)15-36-27(39)13-21-4-2-6-23-17-48-34(46)30(21)23/h1-6,9-11,25,45-46H,7-8,12-17H2,(H,35,38)(H,36,39)(H,37,42)(H,40,41)(H,43,44)/t25-/m0/s1. The number of carboxylic acids is 2. The van der Waals surface area contributed by atoms with Gasteiger partial charge in [-0.2, -0.15) is 0 Å². The second kappa shape index (κ2) is 15.3. The van der Waals surface area contributed by atoms with Gasteiger partial charge < -0.3 is 45.5 Å². The zero-order chi connectivity index (χ0) is 34.4. The molecule has 16 heteroatoms. The van der Waals surface area contributed by atoms with Crippen LogP contribution < -0.4 is 26.9 Å². The van der Waals surface area contributed by atoms with Gasteiger partial charge in [-0.3, -0.25) is 19.2 Å². The van der Waals surface area contributed by atoms with Crippen molar-refractivity contribution in [2.45, 2.75) is 58.0 Å². The Balaban J connectivity index is 1.30. The predicted octanol–water partition coefficient (Wildman–Crippen LogP) is -1.11. The lowest BCUT2D eigenvalue weighted by molar-refractivity contribution is -0.140. The van der Waals surface area contributed by atoms with E-state index in [2.05, 4.69) is 16.0 Å². The van der Waals surface area contributed by atoms with Crippen LogP contribution in [0.5, 0.6) is 0 Å². The molecular formula is C32H33B2N3O11. The van der Waals surface area contributed by atoms with Crippen LogP contribution in [0, 0.1) is 0 Å². The zero-order valence-corrected chi connectivity index (χ0v) is 25.7. The predicted molar refractivity (Wildman–Crippen MR) is 171 cm³/mol. The van der Waals surface area contributed by atoms with Gasteiger partial charge in [-0.05, 0) is 62.9 Å². The third-order valence-electron chi connectivity index (χ3n) is 8.11. The third kappa shape index (κ3) is 8.46. The van der Waals surface area contributed by atoms with Crippen LogP contribution >= 0.6 is 0 Å². The van der Waals surface area contributed by atoms with Crippen molar-refractivity contribution < 1.29 is 53.5 Å². The molecular weight excluding hydrogens is 624 g/mol. The molecule has 0 bridgehead atoms. The van der Waals surface area contributed by atoms with E-state index in [0.29, 0.717) is 33.2 Å². The minimum absolute atomic E-state index is 0.0234. The van der Waals surface area contributed by atoms with Gasteiger partial charge >= 0.3 is 26.2 Å². The SMILES string of the molecule is O=C(O)CC[C@H](NC(=O)c1cc(CNC(=O)Cc2cccc3c2B(O)OC3)cc(CNC(=O)Cc2cccc3c2B(O)OC3)c1)C(=O)O. The Morgan fingerprint density at radius 3 is 1.71 bits per heavy atom. The van der Waals surface area contributed by atoms with Gasteiger partial charge in [0.05, 0.1) is 26.1 Å². The molecule has 7 N–H and O–H groups in total. The zero-order valence-electron chi connectivity index (χ0n) is 25.7. The molecule has 3 aromatic carbocycles. The number of rotatable bonds is 14. The summed E-state index contributed by atoms with van der Waals surface area (Å²) in [5, 5.41) is 46.8. The molecule has 14 nitrogen and oxygen atoms in total. The van der Waals surface area contributed by atoms with Gasteiger partial charge in [0.25, 0.3) is 5.91 Å². The molecule has 2 aliphatic rings. The summed E-state index contributed by atoms with van der Waals surface area (Å²) >= 11 is 0. The third-order valence-corrected chi connectivity index (χ3v) is 8.11. The van der Waals surface area contributed by atoms with Crippen molar-refractivity contribution in [2.24, 2.45) is 0 Å².